The van der Waals surface area contributed by atoms with Crippen molar-refractivity contribution in [3.63, 3.8) is 0 Å². The molecule has 0 unspecified atom stereocenters. The zero-order valence-electron chi connectivity index (χ0n) is 23.6. The van der Waals surface area contributed by atoms with E-state index in [1.54, 1.807) is 10.9 Å². The van der Waals surface area contributed by atoms with Crippen LogP contribution in [0.25, 0.3) is 11.1 Å². The molecule has 4 rings (SSSR count). The Morgan fingerprint density at radius 2 is 2.05 bits per heavy atom. The van der Waals surface area contributed by atoms with Gasteiger partial charge in [-0.15, -0.1) is 5.10 Å². The van der Waals surface area contributed by atoms with Crippen LogP contribution in [-0.2, 0) is 16.9 Å². The summed E-state index contributed by atoms with van der Waals surface area (Å²) in [6, 6.07) is 8.48. The van der Waals surface area contributed by atoms with Crippen molar-refractivity contribution in [2.75, 3.05) is 24.5 Å². The Kier molecular flexibility index (Phi) is 8.47. The number of carbonyl (C=O) groups is 2. The number of amides is 2. The van der Waals surface area contributed by atoms with E-state index >= 15 is 0 Å². The molecule has 1 aromatic carbocycles. The van der Waals surface area contributed by atoms with Crippen LogP contribution in [0.4, 0.5) is 5.69 Å². The van der Waals surface area contributed by atoms with Crippen molar-refractivity contribution in [1.29, 1.82) is 0 Å². The lowest BCUT2D eigenvalue weighted by molar-refractivity contribution is -0.128. The van der Waals surface area contributed by atoms with Gasteiger partial charge in [0.15, 0.2) is 5.69 Å². The number of aromatic nitrogens is 4. The standard InChI is InChI=1S/C30H39N7O2/c1-7-28(38)36(8-2)24-10-9-15-35(19-24)27-18-31-14-13-25(27)22-11-12-23(21(3)16-22)17-32-29(39)26-20-37(34-33-26)30(4,5)6/h7,11-14,16,18,20,24H,1,8-10,15,17,19H2,2-6H3,(H,32,39)/t24-/m1/s1. The second kappa shape index (κ2) is 11.8. The molecule has 1 aliphatic rings. The normalized spacial score (nSPS) is 15.6. The Morgan fingerprint density at radius 1 is 1.26 bits per heavy atom. The quantitative estimate of drug-likeness (QED) is 0.436. The van der Waals surface area contributed by atoms with Crippen LogP contribution in [0.1, 0.15) is 62.2 Å². The minimum Gasteiger partial charge on any atom is -0.368 e. The van der Waals surface area contributed by atoms with Crippen LogP contribution in [0.3, 0.4) is 0 Å². The SMILES string of the molecule is C=CC(=O)N(CC)[C@@H]1CCCN(c2cnccc2-c2ccc(CNC(=O)c3cn(C(C)(C)C)nn3)c(C)c2)C1. The molecule has 1 aliphatic heterocycles. The molecule has 2 amide bonds. The van der Waals surface area contributed by atoms with Crippen LogP contribution < -0.4 is 10.2 Å². The van der Waals surface area contributed by atoms with Gasteiger partial charge in [0.1, 0.15) is 0 Å². The lowest BCUT2D eigenvalue weighted by atomic mass is 9.97. The molecule has 39 heavy (non-hydrogen) atoms. The molecule has 3 heterocycles. The summed E-state index contributed by atoms with van der Waals surface area (Å²) in [7, 11) is 0. The van der Waals surface area contributed by atoms with Gasteiger partial charge in [-0.3, -0.25) is 14.6 Å². The molecule has 1 saturated heterocycles. The zero-order valence-corrected chi connectivity index (χ0v) is 23.6. The zero-order chi connectivity index (χ0) is 28.2. The van der Waals surface area contributed by atoms with Crippen molar-refractivity contribution in [2.24, 2.45) is 0 Å². The highest BCUT2D eigenvalue weighted by molar-refractivity contribution is 5.91. The lowest BCUT2D eigenvalue weighted by Crippen LogP contribution is -2.50. The van der Waals surface area contributed by atoms with E-state index in [4.69, 9.17) is 0 Å². The maximum absolute atomic E-state index is 12.7. The monoisotopic (exact) mass is 529 g/mol. The number of aryl methyl sites for hydroxylation is 1. The van der Waals surface area contributed by atoms with Gasteiger partial charge in [-0.1, -0.05) is 30.0 Å². The number of benzene rings is 1. The Balaban J connectivity index is 1.49. The number of anilines is 1. The van der Waals surface area contributed by atoms with Gasteiger partial charge in [-0.2, -0.15) is 0 Å². The predicted molar refractivity (Wildman–Crippen MR) is 153 cm³/mol. The number of hydrogen-bond donors (Lipinski definition) is 1. The van der Waals surface area contributed by atoms with E-state index < -0.39 is 0 Å². The molecule has 1 fully saturated rings. The molecule has 206 valence electrons. The van der Waals surface area contributed by atoms with Gasteiger partial charge in [-0.05, 0) is 76.3 Å². The summed E-state index contributed by atoms with van der Waals surface area (Å²) >= 11 is 0. The Hall–Kier alpha value is -4.01. The fourth-order valence-electron chi connectivity index (χ4n) is 5.04. The van der Waals surface area contributed by atoms with Crippen LogP contribution in [-0.4, -0.2) is 62.4 Å². The summed E-state index contributed by atoms with van der Waals surface area (Å²) < 4.78 is 1.69. The van der Waals surface area contributed by atoms with Crippen LogP contribution in [0.5, 0.6) is 0 Å². The van der Waals surface area contributed by atoms with E-state index in [0.29, 0.717) is 18.8 Å². The third-order valence-corrected chi connectivity index (χ3v) is 7.28. The third kappa shape index (κ3) is 6.35. The molecule has 2 aromatic heterocycles. The smallest absolute Gasteiger partial charge is 0.273 e. The van der Waals surface area contributed by atoms with Crippen molar-refractivity contribution >= 4 is 17.5 Å². The number of pyridine rings is 1. The maximum Gasteiger partial charge on any atom is 0.273 e. The minimum atomic E-state index is -0.249. The number of nitrogens with one attached hydrogen (secondary N) is 1. The molecule has 3 aromatic rings. The molecular weight excluding hydrogens is 490 g/mol. The first-order valence-electron chi connectivity index (χ1n) is 13.5. The maximum atomic E-state index is 12.7. The molecule has 0 spiro atoms. The lowest BCUT2D eigenvalue weighted by Gasteiger charge is -2.40. The van der Waals surface area contributed by atoms with E-state index in [9.17, 15) is 9.59 Å². The number of carbonyl (C=O) groups excluding carboxylic acids is 2. The minimum absolute atomic E-state index is 0.0205. The molecule has 0 saturated carbocycles. The molecular formula is C30H39N7O2. The highest BCUT2D eigenvalue weighted by atomic mass is 16.2. The first kappa shape index (κ1) is 28.0. The molecule has 1 atom stereocenters. The predicted octanol–water partition coefficient (Wildman–Crippen LogP) is 4.34. The second-order valence-corrected chi connectivity index (χ2v) is 11.0. The number of hydrogen-bond acceptors (Lipinski definition) is 6. The van der Waals surface area contributed by atoms with E-state index in [0.717, 1.165) is 53.9 Å². The van der Waals surface area contributed by atoms with Crippen LogP contribution in [0, 0.1) is 6.92 Å². The van der Waals surface area contributed by atoms with E-state index in [1.807, 2.05) is 51.1 Å². The Morgan fingerprint density at radius 3 is 2.72 bits per heavy atom. The number of nitrogens with zero attached hydrogens (tertiary/aromatic N) is 6. The largest absolute Gasteiger partial charge is 0.368 e. The summed E-state index contributed by atoms with van der Waals surface area (Å²) in [6.45, 7) is 16.5. The third-order valence-electron chi connectivity index (χ3n) is 7.28. The van der Waals surface area contributed by atoms with Gasteiger partial charge < -0.3 is 15.1 Å². The summed E-state index contributed by atoms with van der Waals surface area (Å²) in [4.78, 5) is 33.7. The van der Waals surface area contributed by atoms with Gasteiger partial charge in [0.2, 0.25) is 5.91 Å². The highest BCUT2D eigenvalue weighted by Gasteiger charge is 2.28. The molecule has 0 aliphatic carbocycles. The fourth-order valence-corrected chi connectivity index (χ4v) is 5.04. The first-order valence-corrected chi connectivity index (χ1v) is 13.5. The van der Waals surface area contributed by atoms with Crippen molar-refractivity contribution < 1.29 is 9.59 Å². The van der Waals surface area contributed by atoms with Gasteiger partial charge in [0, 0.05) is 44.0 Å². The van der Waals surface area contributed by atoms with Crippen molar-refractivity contribution in [3.8, 4) is 11.1 Å². The van der Waals surface area contributed by atoms with Crippen molar-refractivity contribution in [3.05, 3.63) is 72.3 Å². The molecule has 0 radical (unpaired) electrons. The highest BCUT2D eigenvalue weighted by Crippen LogP contribution is 2.33. The second-order valence-electron chi connectivity index (χ2n) is 11.0. The van der Waals surface area contributed by atoms with E-state index in [2.05, 4.69) is 57.2 Å². The fraction of sp³-hybridized carbons (Fsp3) is 0.433. The van der Waals surface area contributed by atoms with Gasteiger partial charge in [0.25, 0.3) is 5.91 Å². The van der Waals surface area contributed by atoms with E-state index in [-0.39, 0.29) is 23.4 Å². The van der Waals surface area contributed by atoms with Crippen molar-refractivity contribution in [2.45, 2.75) is 65.6 Å². The summed E-state index contributed by atoms with van der Waals surface area (Å²) in [6.07, 6.45) is 8.78. The summed E-state index contributed by atoms with van der Waals surface area (Å²) in [5.74, 6) is -0.269. The molecule has 9 nitrogen and oxygen atoms in total. The van der Waals surface area contributed by atoms with Gasteiger partial charge in [0.05, 0.1) is 23.6 Å². The number of piperidine rings is 1. The van der Waals surface area contributed by atoms with Crippen LogP contribution >= 0.6 is 0 Å². The van der Waals surface area contributed by atoms with Crippen molar-refractivity contribution in [1.82, 2.24) is 30.2 Å². The number of likely N-dealkylation sites (N-methyl/N-ethyl adjacent to an activating group) is 1. The van der Waals surface area contributed by atoms with Crippen LogP contribution in [0.15, 0.2) is 55.5 Å². The molecule has 9 heteroatoms. The Labute approximate surface area is 230 Å². The molecule has 1 N–H and O–H groups in total. The first-order chi connectivity index (χ1) is 18.6. The summed E-state index contributed by atoms with van der Waals surface area (Å²) in [5, 5.41) is 11.1. The van der Waals surface area contributed by atoms with E-state index in [1.165, 1.54) is 6.08 Å². The average molecular weight is 530 g/mol. The number of rotatable bonds is 8. The summed E-state index contributed by atoms with van der Waals surface area (Å²) in [5.41, 5.74) is 5.43. The van der Waals surface area contributed by atoms with Gasteiger partial charge >= 0.3 is 0 Å². The van der Waals surface area contributed by atoms with Gasteiger partial charge in [-0.25, -0.2) is 4.68 Å². The Bertz CT molecular complexity index is 1340. The average Bonchev–Trinajstić information content (AvgIpc) is 3.44. The van der Waals surface area contributed by atoms with Crippen LogP contribution in [0.2, 0.25) is 0 Å². The molecule has 0 bridgehead atoms. The topological polar surface area (TPSA) is 96.2 Å².